The van der Waals surface area contributed by atoms with Gasteiger partial charge in [-0.3, -0.25) is 0 Å². The zero-order chi connectivity index (χ0) is 12.6. The monoisotopic (exact) mass is 245 g/mol. The lowest BCUT2D eigenvalue weighted by Gasteiger charge is -2.21. The third-order valence-corrected chi connectivity index (χ3v) is 3.86. The molecule has 1 heterocycles. The average Bonchev–Trinajstić information content (AvgIpc) is 2.54. The summed E-state index contributed by atoms with van der Waals surface area (Å²) in [4.78, 5) is 1.30. The molecule has 2 heteroatoms. The Balaban J connectivity index is 2.70. The average molecular weight is 245 g/mol. The number of nitrogen functional groups attached to an aromatic ring is 1. The van der Waals surface area contributed by atoms with Crippen LogP contribution in [0.3, 0.4) is 0 Å². The zero-order valence-corrected chi connectivity index (χ0v) is 11.7. The van der Waals surface area contributed by atoms with Crippen LogP contribution >= 0.6 is 11.3 Å². The molecule has 0 amide bonds. The molecule has 0 aliphatic heterocycles. The van der Waals surface area contributed by atoms with Crippen molar-refractivity contribution in [1.82, 2.24) is 0 Å². The highest BCUT2D eigenvalue weighted by atomic mass is 32.1. The number of benzene rings is 1. The highest BCUT2D eigenvalue weighted by molar-refractivity contribution is 7.16. The molecule has 0 atom stereocenters. The summed E-state index contributed by atoms with van der Waals surface area (Å²) < 4.78 is 0. The van der Waals surface area contributed by atoms with E-state index in [2.05, 4.69) is 52.0 Å². The van der Waals surface area contributed by atoms with E-state index in [0.717, 1.165) is 5.00 Å². The number of hydrogen-bond donors (Lipinski definition) is 1. The highest BCUT2D eigenvalue weighted by Crippen LogP contribution is 2.44. The third-order valence-electron chi connectivity index (χ3n) is 2.92. The Morgan fingerprint density at radius 3 is 2.18 bits per heavy atom. The van der Waals surface area contributed by atoms with E-state index in [9.17, 15) is 0 Å². The molecule has 0 bridgehead atoms. The van der Waals surface area contributed by atoms with Gasteiger partial charge in [0.2, 0.25) is 0 Å². The van der Waals surface area contributed by atoms with Crippen molar-refractivity contribution in [3.8, 4) is 11.1 Å². The van der Waals surface area contributed by atoms with Gasteiger partial charge in [-0.25, -0.2) is 0 Å². The normalized spacial score (nSPS) is 11.8. The minimum atomic E-state index is 0.0834. The molecule has 0 unspecified atom stereocenters. The second-order valence-corrected chi connectivity index (χ2v) is 6.64. The summed E-state index contributed by atoms with van der Waals surface area (Å²) in [7, 11) is 0. The van der Waals surface area contributed by atoms with Gasteiger partial charge in [0.25, 0.3) is 0 Å². The molecule has 0 spiro atoms. The Bertz CT molecular complexity index is 518. The van der Waals surface area contributed by atoms with Crippen LogP contribution in [0.25, 0.3) is 11.1 Å². The second-order valence-electron chi connectivity index (χ2n) is 5.39. The van der Waals surface area contributed by atoms with E-state index in [4.69, 9.17) is 5.73 Å². The lowest BCUT2D eigenvalue weighted by atomic mass is 9.83. The minimum Gasteiger partial charge on any atom is -0.390 e. The number of nitrogens with two attached hydrogens (primary N) is 1. The van der Waals surface area contributed by atoms with Gasteiger partial charge in [0, 0.05) is 10.4 Å². The molecule has 90 valence electrons. The quantitative estimate of drug-likeness (QED) is 0.780. The fraction of sp³-hybridized carbons (Fsp3) is 0.333. The Kier molecular flexibility index (Phi) is 3.00. The lowest BCUT2D eigenvalue weighted by molar-refractivity contribution is 0.596. The third kappa shape index (κ3) is 2.22. The molecule has 1 aromatic heterocycles. The second kappa shape index (κ2) is 4.19. The van der Waals surface area contributed by atoms with Crippen LogP contribution in [-0.2, 0) is 5.41 Å². The van der Waals surface area contributed by atoms with Crippen molar-refractivity contribution in [2.45, 2.75) is 33.1 Å². The van der Waals surface area contributed by atoms with Crippen LogP contribution in [-0.4, -0.2) is 0 Å². The van der Waals surface area contributed by atoms with Crippen molar-refractivity contribution in [1.29, 1.82) is 0 Å². The smallest absolute Gasteiger partial charge is 0.0903 e. The maximum atomic E-state index is 6.18. The Morgan fingerprint density at radius 1 is 1.06 bits per heavy atom. The van der Waals surface area contributed by atoms with Crippen molar-refractivity contribution in [3.05, 3.63) is 40.8 Å². The van der Waals surface area contributed by atoms with Crippen LogP contribution in [0.5, 0.6) is 0 Å². The molecule has 0 saturated heterocycles. The van der Waals surface area contributed by atoms with Crippen LogP contribution in [0, 0.1) is 6.92 Å². The standard InChI is InChI=1S/C15H19NS/c1-10-12(11-8-6-5-7-9-11)13(14(16)17-10)15(2,3)4/h5-9H,16H2,1-4H3. The number of aryl methyl sites for hydroxylation is 1. The van der Waals surface area contributed by atoms with E-state index in [1.54, 1.807) is 11.3 Å². The van der Waals surface area contributed by atoms with Gasteiger partial charge in [-0.2, -0.15) is 0 Å². The number of anilines is 1. The molecule has 0 aliphatic carbocycles. The number of thiophene rings is 1. The first-order valence-corrected chi connectivity index (χ1v) is 6.67. The molecule has 2 aromatic rings. The van der Waals surface area contributed by atoms with Crippen LogP contribution in [0.4, 0.5) is 5.00 Å². The molecule has 0 radical (unpaired) electrons. The van der Waals surface area contributed by atoms with Crippen molar-refractivity contribution in [2.24, 2.45) is 0 Å². The Labute approximate surface area is 107 Å². The summed E-state index contributed by atoms with van der Waals surface area (Å²) in [6.07, 6.45) is 0. The van der Waals surface area contributed by atoms with E-state index in [0.29, 0.717) is 0 Å². The maximum absolute atomic E-state index is 6.18. The van der Waals surface area contributed by atoms with Gasteiger partial charge in [0.15, 0.2) is 0 Å². The first-order chi connectivity index (χ1) is 7.91. The van der Waals surface area contributed by atoms with Gasteiger partial charge >= 0.3 is 0 Å². The topological polar surface area (TPSA) is 26.0 Å². The lowest BCUT2D eigenvalue weighted by Crippen LogP contribution is -2.13. The molecule has 2 N–H and O–H groups in total. The summed E-state index contributed by atoms with van der Waals surface area (Å²) in [6.45, 7) is 8.81. The molecule has 1 nitrogen and oxygen atoms in total. The van der Waals surface area contributed by atoms with Crippen LogP contribution < -0.4 is 5.73 Å². The molecular formula is C15H19NS. The molecule has 0 aliphatic rings. The van der Waals surface area contributed by atoms with Gasteiger partial charge in [-0.05, 0) is 23.5 Å². The van der Waals surface area contributed by atoms with Crippen molar-refractivity contribution in [3.63, 3.8) is 0 Å². The van der Waals surface area contributed by atoms with Gasteiger partial charge in [-0.1, -0.05) is 51.1 Å². The van der Waals surface area contributed by atoms with E-state index in [1.165, 1.54) is 21.6 Å². The predicted octanol–water partition coefficient (Wildman–Crippen LogP) is 4.60. The van der Waals surface area contributed by atoms with Crippen LogP contribution in [0.2, 0.25) is 0 Å². The van der Waals surface area contributed by atoms with Gasteiger partial charge in [0.05, 0.1) is 5.00 Å². The van der Waals surface area contributed by atoms with E-state index in [-0.39, 0.29) is 5.41 Å². The largest absolute Gasteiger partial charge is 0.390 e. The summed E-state index contributed by atoms with van der Waals surface area (Å²) in [5.41, 5.74) is 10.1. The van der Waals surface area contributed by atoms with Gasteiger partial charge in [-0.15, -0.1) is 11.3 Å². The molecule has 17 heavy (non-hydrogen) atoms. The highest BCUT2D eigenvalue weighted by Gasteiger charge is 2.25. The summed E-state index contributed by atoms with van der Waals surface area (Å²) >= 11 is 1.70. The Hall–Kier alpha value is -1.28. The van der Waals surface area contributed by atoms with Crippen LogP contribution in [0.15, 0.2) is 30.3 Å². The molecule has 0 saturated carbocycles. The van der Waals surface area contributed by atoms with Crippen molar-refractivity contribution >= 4 is 16.3 Å². The van der Waals surface area contributed by atoms with Gasteiger partial charge < -0.3 is 5.73 Å². The van der Waals surface area contributed by atoms with Crippen LogP contribution in [0.1, 0.15) is 31.2 Å². The van der Waals surface area contributed by atoms with E-state index in [1.807, 2.05) is 6.07 Å². The predicted molar refractivity (Wildman–Crippen MR) is 77.6 cm³/mol. The summed E-state index contributed by atoms with van der Waals surface area (Å²) in [6, 6.07) is 10.5. The number of hydrogen-bond acceptors (Lipinski definition) is 2. The molecule has 0 fully saturated rings. The summed E-state index contributed by atoms with van der Waals surface area (Å²) in [5, 5.41) is 0.953. The van der Waals surface area contributed by atoms with Gasteiger partial charge in [0.1, 0.15) is 0 Å². The Morgan fingerprint density at radius 2 is 1.65 bits per heavy atom. The molecular weight excluding hydrogens is 226 g/mol. The fourth-order valence-corrected chi connectivity index (χ4v) is 3.43. The minimum absolute atomic E-state index is 0.0834. The number of rotatable bonds is 1. The SMILES string of the molecule is Cc1sc(N)c(C(C)(C)C)c1-c1ccccc1. The maximum Gasteiger partial charge on any atom is 0.0903 e. The first-order valence-electron chi connectivity index (χ1n) is 5.86. The summed E-state index contributed by atoms with van der Waals surface area (Å²) in [5.74, 6) is 0. The molecule has 1 aromatic carbocycles. The van der Waals surface area contributed by atoms with E-state index < -0.39 is 0 Å². The van der Waals surface area contributed by atoms with Crippen molar-refractivity contribution in [2.75, 3.05) is 5.73 Å². The first kappa shape index (κ1) is 12.2. The zero-order valence-electron chi connectivity index (χ0n) is 10.9. The van der Waals surface area contributed by atoms with Crippen molar-refractivity contribution < 1.29 is 0 Å². The molecule has 2 rings (SSSR count). The van der Waals surface area contributed by atoms with E-state index >= 15 is 0 Å². The fourth-order valence-electron chi connectivity index (χ4n) is 2.26.